The first kappa shape index (κ1) is 63.1. The van der Waals surface area contributed by atoms with Crippen LogP contribution in [0.4, 0.5) is 0 Å². The van der Waals surface area contributed by atoms with Crippen LogP contribution >= 0.6 is 0 Å². The summed E-state index contributed by atoms with van der Waals surface area (Å²) in [4.78, 5) is 38.1. The highest BCUT2D eigenvalue weighted by molar-refractivity contribution is 5.71. The van der Waals surface area contributed by atoms with E-state index in [1.807, 2.05) is 48.6 Å². The fourth-order valence-electron chi connectivity index (χ4n) is 7.28. The molecule has 0 aliphatic carbocycles. The van der Waals surface area contributed by atoms with Gasteiger partial charge in [-0.1, -0.05) is 252 Å². The van der Waals surface area contributed by atoms with Crippen LogP contribution in [0, 0.1) is 0 Å². The number of hydrogen-bond acceptors (Lipinski definition) is 6. The van der Waals surface area contributed by atoms with Crippen molar-refractivity contribution in [3.05, 3.63) is 109 Å². The van der Waals surface area contributed by atoms with E-state index >= 15 is 0 Å². The van der Waals surface area contributed by atoms with Gasteiger partial charge in [-0.05, 0) is 77.0 Å². The predicted molar refractivity (Wildman–Crippen MR) is 288 cm³/mol. The van der Waals surface area contributed by atoms with E-state index in [1.54, 1.807) is 0 Å². The Kier molecular flexibility index (Phi) is 51.5. The lowest BCUT2D eigenvalue weighted by Crippen LogP contribution is -2.30. The number of carbonyl (C=O) groups excluding carboxylic acids is 3. The van der Waals surface area contributed by atoms with Crippen LogP contribution in [0.3, 0.4) is 0 Å². The molecule has 0 aliphatic heterocycles. The molecule has 0 radical (unpaired) electrons. The molecule has 0 bridgehead atoms. The van der Waals surface area contributed by atoms with Gasteiger partial charge < -0.3 is 14.2 Å². The quantitative estimate of drug-likeness (QED) is 0.0199. The van der Waals surface area contributed by atoms with Gasteiger partial charge in [0.25, 0.3) is 0 Å². The fraction of sp³-hybridized carbons (Fsp3) is 0.656. The van der Waals surface area contributed by atoms with Crippen LogP contribution in [0.1, 0.15) is 239 Å². The van der Waals surface area contributed by atoms with Crippen molar-refractivity contribution in [1.29, 1.82) is 0 Å². The first-order valence-corrected chi connectivity index (χ1v) is 27.5. The summed E-state index contributed by atoms with van der Waals surface area (Å²) < 4.78 is 16.8. The number of unbranched alkanes of at least 4 members (excludes halogenated alkanes) is 23. The lowest BCUT2D eigenvalue weighted by molar-refractivity contribution is -0.167. The van der Waals surface area contributed by atoms with Gasteiger partial charge >= 0.3 is 17.9 Å². The Morgan fingerprint density at radius 2 is 0.657 bits per heavy atom. The first-order valence-electron chi connectivity index (χ1n) is 27.5. The lowest BCUT2D eigenvalue weighted by atomic mass is 10.0. The SMILES string of the molecule is CC\C=C/C=C\C=C/C=C\C=C/CCCCCC(=O)OCC(COC(=O)CCC/C=C\C/C=C\C/C=C\C/C=C\CCCCC)OC(=O)CCCCCCCCCCCCCCCCCCC. The third kappa shape index (κ3) is 52.9. The van der Waals surface area contributed by atoms with E-state index in [9.17, 15) is 14.4 Å². The van der Waals surface area contributed by atoms with Crippen molar-refractivity contribution in [3.63, 3.8) is 0 Å². The van der Waals surface area contributed by atoms with Crippen molar-refractivity contribution in [2.24, 2.45) is 0 Å². The van der Waals surface area contributed by atoms with Gasteiger partial charge in [0, 0.05) is 19.3 Å². The predicted octanol–water partition coefficient (Wildman–Crippen LogP) is 18.3. The van der Waals surface area contributed by atoms with E-state index in [1.165, 1.54) is 116 Å². The summed E-state index contributed by atoms with van der Waals surface area (Å²) in [5.41, 5.74) is 0. The number of allylic oxidation sites excluding steroid dienone is 18. The van der Waals surface area contributed by atoms with Gasteiger partial charge in [0.05, 0.1) is 0 Å². The van der Waals surface area contributed by atoms with Crippen molar-refractivity contribution in [3.8, 4) is 0 Å². The van der Waals surface area contributed by atoms with Crippen LogP contribution in [0.25, 0.3) is 0 Å². The Morgan fingerprint density at radius 3 is 1.13 bits per heavy atom. The molecule has 67 heavy (non-hydrogen) atoms. The number of hydrogen-bond donors (Lipinski definition) is 0. The van der Waals surface area contributed by atoms with Gasteiger partial charge in [-0.25, -0.2) is 0 Å². The largest absolute Gasteiger partial charge is 0.462 e. The summed E-state index contributed by atoms with van der Waals surface area (Å²) in [7, 11) is 0. The third-order valence-corrected chi connectivity index (χ3v) is 11.4. The van der Waals surface area contributed by atoms with E-state index in [-0.39, 0.29) is 37.5 Å². The normalized spacial score (nSPS) is 12.9. The maximum atomic E-state index is 12.8. The smallest absolute Gasteiger partial charge is 0.306 e. The Morgan fingerprint density at radius 1 is 0.328 bits per heavy atom. The second-order valence-corrected chi connectivity index (χ2v) is 17.9. The zero-order valence-electron chi connectivity index (χ0n) is 43.4. The molecule has 0 aromatic rings. The van der Waals surface area contributed by atoms with Gasteiger partial charge in [-0.15, -0.1) is 0 Å². The highest BCUT2D eigenvalue weighted by Gasteiger charge is 2.19. The minimum Gasteiger partial charge on any atom is -0.462 e. The van der Waals surface area contributed by atoms with Crippen molar-refractivity contribution in [2.75, 3.05) is 13.2 Å². The molecule has 0 aromatic heterocycles. The highest BCUT2D eigenvalue weighted by atomic mass is 16.6. The zero-order chi connectivity index (χ0) is 48.6. The van der Waals surface area contributed by atoms with Crippen molar-refractivity contribution in [2.45, 2.75) is 245 Å². The van der Waals surface area contributed by atoms with Crippen LogP contribution in [0.5, 0.6) is 0 Å². The average molecular weight is 929 g/mol. The highest BCUT2D eigenvalue weighted by Crippen LogP contribution is 2.15. The maximum Gasteiger partial charge on any atom is 0.306 e. The summed E-state index contributed by atoms with van der Waals surface area (Å²) in [6, 6.07) is 0. The van der Waals surface area contributed by atoms with Crippen molar-refractivity contribution in [1.82, 2.24) is 0 Å². The molecule has 6 nitrogen and oxygen atoms in total. The van der Waals surface area contributed by atoms with Gasteiger partial charge in [0.15, 0.2) is 6.10 Å². The molecule has 1 unspecified atom stereocenters. The van der Waals surface area contributed by atoms with E-state index in [0.717, 1.165) is 77.0 Å². The van der Waals surface area contributed by atoms with Gasteiger partial charge in [-0.3, -0.25) is 14.4 Å². The van der Waals surface area contributed by atoms with Gasteiger partial charge in [-0.2, -0.15) is 0 Å². The van der Waals surface area contributed by atoms with Crippen LogP contribution in [0.2, 0.25) is 0 Å². The number of ether oxygens (including phenoxy) is 3. The molecule has 0 N–H and O–H groups in total. The molecule has 0 amide bonds. The summed E-state index contributed by atoms with van der Waals surface area (Å²) in [6.07, 6.45) is 73.6. The molecule has 1 atom stereocenters. The van der Waals surface area contributed by atoms with Crippen molar-refractivity contribution >= 4 is 17.9 Å². The summed E-state index contributed by atoms with van der Waals surface area (Å²) in [6.45, 7) is 6.39. The minimum absolute atomic E-state index is 0.117. The minimum atomic E-state index is -0.818. The molecule has 0 saturated carbocycles. The monoisotopic (exact) mass is 929 g/mol. The molecule has 0 aliphatic rings. The Hall–Kier alpha value is -3.93. The van der Waals surface area contributed by atoms with E-state index in [0.29, 0.717) is 19.3 Å². The second-order valence-electron chi connectivity index (χ2n) is 17.9. The number of carbonyl (C=O) groups is 3. The number of esters is 3. The number of rotatable bonds is 48. The molecule has 0 spiro atoms. The average Bonchev–Trinajstić information content (AvgIpc) is 3.33. The Balaban J connectivity index is 4.54. The summed E-state index contributed by atoms with van der Waals surface area (Å²) >= 11 is 0. The molecule has 0 fully saturated rings. The van der Waals surface area contributed by atoms with Crippen LogP contribution in [-0.4, -0.2) is 37.2 Å². The summed E-state index contributed by atoms with van der Waals surface area (Å²) in [5, 5.41) is 0. The Bertz CT molecular complexity index is 1390. The molecule has 0 aromatic carbocycles. The van der Waals surface area contributed by atoms with E-state index < -0.39 is 6.10 Å². The molecular formula is C61H100O6. The topological polar surface area (TPSA) is 78.9 Å². The molecular weight excluding hydrogens is 829 g/mol. The molecule has 0 rings (SSSR count). The van der Waals surface area contributed by atoms with Crippen LogP contribution < -0.4 is 0 Å². The molecule has 0 saturated heterocycles. The fourth-order valence-corrected chi connectivity index (χ4v) is 7.28. The van der Waals surface area contributed by atoms with Gasteiger partial charge in [0.2, 0.25) is 0 Å². The van der Waals surface area contributed by atoms with Crippen LogP contribution in [0.15, 0.2) is 109 Å². The van der Waals surface area contributed by atoms with E-state index in [4.69, 9.17) is 14.2 Å². The summed E-state index contributed by atoms with van der Waals surface area (Å²) in [5.74, 6) is -1.01. The lowest BCUT2D eigenvalue weighted by Gasteiger charge is -2.18. The third-order valence-electron chi connectivity index (χ3n) is 11.4. The van der Waals surface area contributed by atoms with Gasteiger partial charge in [0.1, 0.15) is 13.2 Å². The molecule has 380 valence electrons. The molecule has 6 heteroatoms. The van der Waals surface area contributed by atoms with Crippen LogP contribution in [-0.2, 0) is 28.6 Å². The van der Waals surface area contributed by atoms with E-state index in [2.05, 4.69) is 81.5 Å². The standard InChI is InChI=1S/C61H100O6/c1-4-7-10-13-16-19-22-25-28-30-33-36-39-42-45-48-51-54-60(63)66-57-58(56-65-59(62)53-50-47-44-41-38-35-32-27-24-21-18-15-12-9-6-3)67-61(64)55-52-49-46-43-40-37-34-31-29-26-23-20-17-14-11-8-5-2/h9,12,15-16,18-19,21,24-25,27-28,32-33,35-36,38,42,45,58H,4-8,10-11,13-14,17,20,22-23,26,29-31,34,37,39-41,43-44,46-57H2,1-3H3/b12-9-,18-15-,19-16-,24-21-,28-25-,32-27-,36-33-,38-35-,45-42-. The Labute approximate surface area is 412 Å². The first-order chi connectivity index (χ1) is 33.0. The van der Waals surface area contributed by atoms with Crippen molar-refractivity contribution < 1.29 is 28.6 Å². The maximum absolute atomic E-state index is 12.8. The molecule has 0 heterocycles. The zero-order valence-corrected chi connectivity index (χ0v) is 43.4. The second kappa shape index (κ2) is 54.7.